The summed E-state index contributed by atoms with van der Waals surface area (Å²) in [4.78, 5) is 12.2. The van der Waals surface area contributed by atoms with E-state index in [1.807, 2.05) is 0 Å². The first kappa shape index (κ1) is 18.4. The van der Waals surface area contributed by atoms with Crippen LogP contribution in [0.2, 0.25) is 0 Å². The van der Waals surface area contributed by atoms with Crippen LogP contribution in [-0.2, 0) is 21.3 Å². The maximum absolute atomic E-state index is 12.5. The Balaban J connectivity index is 2.19. The number of carbonyl (C=O) groups excluding carboxylic acids is 1. The smallest absolute Gasteiger partial charge is 0.338 e. The Bertz CT molecular complexity index is 1160. The Hall–Kier alpha value is -2.41. The minimum Gasteiger partial charge on any atom is -0.462 e. The van der Waals surface area contributed by atoms with Crippen molar-refractivity contribution in [1.82, 2.24) is 4.57 Å². The zero-order valence-electron chi connectivity index (χ0n) is 13.7. The molecule has 0 amide bonds. The third-order valence-corrected chi connectivity index (χ3v) is 7.19. The van der Waals surface area contributed by atoms with Gasteiger partial charge in [0, 0.05) is 0 Å². The molecule has 0 spiro atoms. The molecule has 0 aliphatic heterocycles. The largest absolute Gasteiger partial charge is 0.462 e. The van der Waals surface area contributed by atoms with Crippen molar-refractivity contribution in [2.24, 2.45) is 4.40 Å². The van der Waals surface area contributed by atoms with Gasteiger partial charge in [-0.25, -0.2) is 4.79 Å². The number of fused-ring (bicyclic) bond motifs is 1. The predicted molar refractivity (Wildman–Crippen MR) is 102 cm³/mol. The number of thiazole rings is 1. The van der Waals surface area contributed by atoms with Crippen LogP contribution < -0.4 is 4.80 Å². The summed E-state index contributed by atoms with van der Waals surface area (Å²) in [6, 6.07) is 8.14. The van der Waals surface area contributed by atoms with Crippen molar-refractivity contribution >= 4 is 48.9 Å². The molecule has 0 saturated carbocycles. The number of hydrogen-bond donors (Lipinski definition) is 0. The fourth-order valence-corrected chi connectivity index (χ4v) is 5.53. The molecule has 2 aromatic heterocycles. The lowest BCUT2D eigenvalue weighted by atomic mass is 10.2. The average Bonchev–Trinajstić information content (AvgIpc) is 3.24. The molecule has 0 unspecified atom stereocenters. The molecule has 0 radical (unpaired) electrons. The molecule has 134 valence electrons. The van der Waals surface area contributed by atoms with Gasteiger partial charge in [0.25, 0.3) is 10.0 Å². The van der Waals surface area contributed by atoms with E-state index in [9.17, 15) is 13.2 Å². The van der Waals surface area contributed by atoms with E-state index in [0.29, 0.717) is 15.8 Å². The van der Waals surface area contributed by atoms with Crippen molar-refractivity contribution in [2.45, 2.75) is 17.7 Å². The third-order valence-electron chi connectivity index (χ3n) is 3.39. The number of rotatable bonds is 5. The second-order valence-corrected chi connectivity index (χ2v) is 8.86. The van der Waals surface area contributed by atoms with Crippen LogP contribution in [0.4, 0.5) is 0 Å². The lowest BCUT2D eigenvalue weighted by molar-refractivity contribution is 0.0526. The van der Waals surface area contributed by atoms with Crippen molar-refractivity contribution in [2.75, 3.05) is 6.61 Å². The van der Waals surface area contributed by atoms with Crippen LogP contribution in [0.15, 0.2) is 44.3 Å². The Morgan fingerprint density at radius 3 is 2.85 bits per heavy atom. The fourth-order valence-electron chi connectivity index (χ4n) is 2.29. The summed E-state index contributed by atoms with van der Waals surface area (Å²) in [6.45, 7) is 2.17. The molecule has 0 N–H and O–H groups in total. The SMILES string of the molecule is C#CCn1/c(=N/S(=O)(=O)c2cccs2)sc2cc(C(=O)OCC)ccc21. The molecule has 26 heavy (non-hydrogen) atoms. The normalized spacial score (nSPS) is 12.2. The number of aromatic nitrogens is 1. The first-order valence-electron chi connectivity index (χ1n) is 7.54. The van der Waals surface area contributed by atoms with Gasteiger partial charge in [-0.15, -0.1) is 22.2 Å². The van der Waals surface area contributed by atoms with Crippen molar-refractivity contribution in [1.29, 1.82) is 0 Å². The highest BCUT2D eigenvalue weighted by atomic mass is 32.2. The van der Waals surface area contributed by atoms with E-state index < -0.39 is 16.0 Å². The first-order chi connectivity index (χ1) is 12.5. The summed E-state index contributed by atoms with van der Waals surface area (Å²) in [5, 5.41) is 1.68. The van der Waals surface area contributed by atoms with Gasteiger partial charge < -0.3 is 9.30 Å². The molecule has 0 saturated heterocycles. The fraction of sp³-hybridized carbons (Fsp3) is 0.176. The molecule has 0 bridgehead atoms. The number of hydrogen-bond acceptors (Lipinski definition) is 6. The van der Waals surface area contributed by atoms with E-state index in [-0.39, 0.29) is 22.2 Å². The molecule has 0 fully saturated rings. The summed E-state index contributed by atoms with van der Waals surface area (Å²) in [5.74, 6) is 2.07. The second kappa shape index (κ2) is 7.45. The van der Waals surface area contributed by atoms with Crippen molar-refractivity contribution in [3.05, 3.63) is 46.1 Å². The highest BCUT2D eigenvalue weighted by Crippen LogP contribution is 2.22. The zero-order valence-corrected chi connectivity index (χ0v) is 16.2. The van der Waals surface area contributed by atoms with Gasteiger partial charge in [-0.1, -0.05) is 23.3 Å². The highest BCUT2D eigenvalue weighted by molar-refractivity contribution is 7.92. The minimum atomic E-state index is -3.82. The lowest BCUT2D eigenvalue weighted by Crippen LogP contribution is -2.16. The van der Waals surface area contributed by atoms with E-state index in [1.54, 1.807) is 41.1 Å². The van der Waals surface area contributed by atoms with E-state index >= 15 is 0 Å². The lowest BCUT2D eigenvalue weighted by Gasteiger charge is -2.03. The molecule has 1 aromatic carbocycles. The Morgan fingerprint density at radius 1 is 1.38 bits per heavy atom. The summed E-state index contributed by atoms with van der Waals surface area (Å²) in [6.07, 6.45) is 5.43. The van der Waals surface area contributed by atoms with Gasteiger partial charge in [0.15, 0.2) is 0 Å². The van der Waals surface area contributed by atoms with E-state index in [0.717, 1.165) is 22.7 Å². The van der Waals surface area contributed by atoms with Gasteiger partial charge in [-0.3, -0.25) is 0 Å². The number of esters is 1. The summed E-state index contributed by atoms with van der Waals surface area (Å²) in [5.41, 5.74) is 1.10. The number of ether oxygens (including phenoxy) is 1. The number of benzene rings is 1. The van der Waals surface area contributed by atoms with Crippen LogP contribution in [0.25, 0.3) is 10.2 Å². The molecule has 6 nitrogen and oxygen atoms in total. The topological polar surface area (TPSA) is 77.7 Å². The van der Waals surface area contributed by atoms with Gasteiger partial charge in [0.2, 0.25) is 4.80 Å². The Morgan fingerprint density at radius 2 is 2.19 bits per heavy atom. The number of carbonyl (C=O) groups is 1. The summed E-state index contributed by atoms with van der Waals surface area (Å²) in [7, 11) is -3.82. The number of nitrogens with zero attached hydrogens (tertiary/aromatic N) is 2. The van der Waals surface area contributed by atoms with E-state index in [2.05, 4.69) is 10.3 Å². The van der Waals surface area contributed by atoms with Gasteiger partial charge in [-0.05, 0) is 36.6 Å². The predicted octanol–water partition coefficient (Wildman–Crippen LogP) is 2.86. The molecule has 0 atom stereocenters. The van der Waals surface area contributed by atoms with Crippen LogP contribution in [-0.4, -0.2) is 25.6 Å². The van der Waals surface area contributed by atoms with Crippen molar-refractivity contribution in [3.8, 4) is 12.3 Å². The van der Waals surface area contributed by atoms with Gasteiger partial charge >= 0.3 is 5.97 Å². The van der Waals surface area contributed by atoms with Crippen LogP contribution in [0.3, 0.4) is 0 Å². The maximum Gasteiger partial charge on any atom is 0.338 e. The second-order valence-electron chi connectivity index (χ2n) is 5.08. The minimum absolute atomic E-state index is 0.162. The molecule has 2 heterocycles. The Kier molecular flexibility index (Phi) is 5.27. The molecule has 3 rings (SSSR count). The number of terminal acetylenes is 1. The number of thiophene rings is 1. The molecule has 0 aliphatic carbocycles. The molecule has 3 aromatic rings. The molecule has 9 heteroatoms. The van der Waals surface area contributed by atoms with Crippen LogP contribution in [0, 0.1) is 12.3 Å². The average molecular weight is 407 g/mol. The third kappa shape index (κ3) is 3.58. The zero-order chi connectivity index (χ0) is 18.7. The van der Waals surface area contributed by atoms with E-state index in [4.69, 9.17) is 11.2 Å². The standard InChI is InChI=1S/C17H14N2O4S3/c1-3-9-19-13-8-7-12(16(20)23-4-2)11-14(13)25-17(19)18-26(21,22)15-6-5-10-24-15/h1,5-8,10-11H,4,9H2,2H3/b18-17-. The summed E-state index contributed by atoms with van der Waals surface area (Å²) >= 11 is 2.26. The van der Waals surface area contributed by atoms with Crippen molar-refractivity contribution in [3.63, 3.8) is 0 Å². The van der Waals surface area contributed by atoms with E-state index in [1.165, 1.54) is 6.07 Å². The molecular formula is C17H14N2O4S3. The maximum atomic E-state index is 12.5. The summed E-state index contributed by atoms with van der Waals surface area (Å²) < 4.78 is 36.4. The molecular weight excluding hydrogens is 392 g/mol. The monoisotopic (exact) mass is 406 g/mol. The highest BCUT2D eigenvalue weighted by Gasteiger charge is 2.16. The first-order valence-corrected chi connectivity index (χ1v) is 10.7. The molecule has 0 aliphatic rings. The Labute approximate surface area is 158 Å². The van der Waals surface area contributed by atoms with Gasteiger partial charge in [-0.2, -0.15) is 8.42 Å². The van der Waals surface area contributed by atoms with Crippen LogP contribution in [0.5, 0.6) is 0 Å². The van der Waals surface area contributed by atoms with Gasteiger partial charge in [0.1, 0.15) is 4.21 Å². The van der Waals surface area contributed by atoms with Crippen molar-refractivity contribution < 1.29 is 17.9 Å². The number of sulfonamides is 1. The van der Waals surface area contributed by atoms with Crippen LogP contribution in [0.1, 0.15) is 17.3 Å². The van der Waals surface area contributed by atoms with Crippen LogP contribution >= 0.6 is 22.7 Å². The van der Waals surface area contributed by atoms with Gasteiger partial charge in [0.05, 0.1) is 28.9 Å². The quantitative estimate of drug-likeness (QED) is 0.482.